The van der Waals surface area contributed by atoms with E-state index in [2.05, 4.69) is 4.99 Å². The van der Waals surface area contributed by atoms with Gasteiger partial charge in [-0.2, -0.15) is 0 Å². The molecule has 0 unspecified atom stereocenters. The van der Waals surface area contributed by atoms with E-state index in [0.717, 1.165) is 4.57 Å². The summed E-state index contributed by atoms with van der Waals surface area (Å²) in [6, 6.07) is 8.96. The summed E-state index contributed by atoms with van der Waals surface area (Å²) in [5.74, 6) is 0.109. The Morgan fingerprint density at radius 2 is 2.04 bits per heavy atom. The topological polar surface area (TPSA) is 132 Å². The zero-order chi connectivity index (χ0) is 19.6. The lowest BCUT2D eigenvalue weighted by Crippen LogP contribution is -2.44. The van der Waals surface area contributed by atoms with Crippen LogP contribution in [0.25, 0.3) is 0 Å². The molecule has 9 heteroatoms. The van der Waals surface area contributed by atoms with E-state index in [9.17, 15) is 19.8 Å². The van der Waals surface area contributed by atoms with Gasteiger partial charge in [-0.25, -0.2) is 9.79 Å². The summed E-state index contributed by atoms with van der Waals surface area (Å²) in [5.41, 5.74) is 5.78. The highest BCUT2D eigenvalue weighted by Gasteiger charge is 2.35. The summed E-state index contributed by atoms with van der Waals surface area (Å²) >= 11 is 0. The van der Waals surface area contributed by atoms with E-state index >= 15 is 0 Å². The van der Waals surface area contributed by atoms with Crippen molar-refractivity contribution in [1.82, 2.24) is 9.13 Å². The highest BCUT2D eigenvalue weighted by atomic mass is 16.5. The van der Waals surface area contributed by atoms with Crippen molar-refractivity contribution in [3.05, 3.63) is 62.9 Å². The standard InChI is InChI=1S/C18H22N4O5/c1-11-8-21(16-7-13(24)14(10-23)27-16)18(26)22(17(11)25)9-15(19)20-12-5-3-2-4-6-12/h2-6,8,13-14,16,23-24H,7,9-10H2,1H3,(H2,19,20)/t13-,14+,16+/m0/s1. The van der Waals surface area contributed by atoms with Crippen LogP contribution in [0.15, 0.2) is 51.1 Å². The molecule has 1 saturated heterocycles. The number of aliphatic imine (C=N–C) groups is 1. The van der Waals surface area contributed by atoms with Crippen LogP contribution in [0.5, 0.6) is 0 Å². The van der Waals surface area contributed by atoms with Crippen molar-refractivity contribution in [3.8, 4) is 0 Å². The highest BCUT2D eigenvalue weighted by Crippen LogP contribution is 2.27. The number of rotatable bonds is 5. The van der Waals surface area contributed by atoms with Crippen molar-refractivity contribution in [2.24, 2.45) is 10.7 Å². The maximum Gasteiger partial charge on any atom is 0.333 e. The Morgan fingerprint density at radius 1 is 1.33 bits per heavy atom. The molecule has 0 bridgehead atoms. The van der Waals surface area contributed by atoms with Gasteiger partial charge in [0, 0.05) is 18.2 Å². The summed E-state index contributed by atoms with van der Waals surface area (Å²) in [4.78, 5) is 29.5. The molecule has 144 valence electrons. The number of para-hydroxylation sites is 1. The summed E-state index contributed by atoms with van der Waals surface area (Å²) in [6.45, 7) is 1.04. The molecule has 0 amide bonds. The molecule has 1 aromatic carbocycles. The molecule has 1 aliphatic heterocycles. The average molecular weight is 374 g/mol. The second kappa shape index (κ2) is 7.87. The van der Waals surface area contributed by atoms with Crippen molar-refractivity contribution in [2.75, 3.05) is 6.61 Å². The highest BCUT2D eigenvalue weighted by molar-refractivity contribution is 5.82. The molecule has 0 saturated carbocycles. The summed E-state index contributed by atoms with van der Waals surface area (Å²) in [7, 11) is 0. The molecule has 3 atom stereocenters. The first kappa shape index (κ1) is 19.0. The fourth-order valence-electron chi connectivity index (χ4n) is 3.02. The lowest BCUT2D eigenvalue weighted by atomic mass is 10.2. The van der Waals surface area contributed by atoms with Gasteiger partial charge in [-0.15, -0.1) is 0 Å². The van der Waals surface area contributed by atoms with Crippen LogP contribution in [-0.4, -0.2) is 44.0 Å². The molecule has 27 heavy (non-hydrogen) atoms. The molecular formula is C18H22N4O5. The molecular weight excluding hydrogens is 352 g/mol. The number of hydrogen-bond donors (Lipinski definition) is 3. The van der Waals surface area contributed by atoms with Crippen LogP contribution < -0.4 is 17.0 Å². The first-order chi connectivity index (χ1) is 12.9. The van der Waals surface area contributed by atoms with E-state index in [1.54, 1.807) is 31.2 Å². The number of aliphatic hydroxyl groups excluding tert-OH is 2. The van der Waals surface area contributed by atoms with Gasteiger partial charge in [0.15, 0.2) is 0 Å². The minimum atomic E-state index is -0.891. The zero-order valence-electron chi connectivity index (χ0n) is 14.9. The first-order valence-electron chi connectivity index (χ1n) is 8.55. The number of aryl methyl sites for hydroxylation is 1. The van der Waals surface area contributed by atoms with Gasteiger partial charge in [0.25, 0.3) is 5.56 Å². The predicted molar refractivity (Wildman–Crippen MR) is 99.0 cm³/mol. The normalized spacial score (nSPS) is 22.9. The van der Waals surface area contributed by atoms with Gasteiger partial charge in [-0.05, 0) is 19.1 Å². The second-order valence-corrected chi connectivity index (χ2v) is 6.45. The van der Waals surface area contributed by atoms with Gasteiger partial charge in [0.1, 0.15) is 18.2 Å². The van der Waals surface area contributed by atoms with Gasteiger partial charge in [0.2, 0.25) is 0 Å². The fraction of sp³-hybridized carbons (Fsp3) is 0.389. The third-order valence-electron chi connectivity index (χ3n) is 4.41. The Balaban J connectivity index is 1.94. The number of aromatic nitrogens is 2. The van der Waals surface area contributed by atoms with Crippen LogP contribution in [0.4, 0.5) is 5.69 Å². The monoisotopic (exact) mass is 374 g/mol. The van der Waals surface area contributed by atoms with Crippen LogP contribution >= 0.6 is 0 Å². The Labute approximate surface area is 155 Å². The quantitative estimate of drug-likeness (QED) is 0.484. The summed E-state index contributed by atoms with van der Waals surface area (Å²) in [5, 5.41) is 19.1. The summed E-state index contributed by atoms with van der Waals surface area (Å²) < 4.78 is 7.75. The maximum absolute atomic E-state index is 12.8. The Kier molecular flexibility index (Phi) is 5.54. The number of amidine groups is 1. The van der Waals surface area contributed by atoms with E-state index in [-0.39, 0.29) is 25.4 Å². The molecule has 0 spiro atoms. The number of ether oxygens (including phenoxy) is 1. The molecule has 1 aliphatic rings. The summed E-state index contributed by atoms with van der Waals surface area (Å²) in [6.07, 6.45) is -0.911. The molecule has 4 N–H and O–H groups in total. The molecule has 9 nitrogen and oxygen atoms in total. The SMILES string of the molecule is Cc1cn([C@H]2C[C@H](O)[C@@H](CO)O2)c(=O)n(CC(N)=Nc2ccccc2)c1=O. The fourth-order valence-corrected chi connectivity index (χ4v) is 3.02. The third kappa shape index (κ3) is 4.00. The smallest absolute Gasteiger partial charge is 0.333 e. The van der Waals surface area contributed by atoms with Crippen LogP contribution in [0, 0.1) is 6.92 Å². The molecule has 0 aliphatic carbocycles. The average Bonchev–Trinajstić information content (AvgIpc) is 3.03. The number of aliphatic hydroxyl groups is 2. The van der Waals surface area contributed by atoms with Crippen molar-refractivity contribution in [3.63, 3.8) is 0 Å². The number of benzene rings is 1. The minimum Gasteiger partial charge on any atom is -0.394 e. The predicted octanol–water partition coefficient (Wildman–Crippen LogP) is -0.352. The maximum atomic E-state index is 12.8. The molecule has 1 fully saturated rings. The lowest BCUT2D eigenvalue weighted by molar-refractivity contribution is -0.0463. The van der Waals surface area contributed by atoms with Gasteiger partial charge in [-0.1, -0.05) is 18.2 Å². The first-order valence-corrected chi connectivity index (χ1v) is 8.55. The van der Waals surface area contributed by atoms with Crippen molar-refractivity contribution >= 4 is 11.5 Å². The van der Waals surface area contributed by atoms with E-state index in [0.29, 0.717) is 11.3 Å². The zero-order valence-corrected chi connectivity index (χ0v) is 14.9. The minimum absolute atomic E-state index is 0.109. The lowest BCUT2D eigenvalue weighted by Gasteiger charge is -2.17. The van der Waals surface area contributed by atoms with Crippen LogP contribution in [0.3, 0.4) is 0 Å². The number of nitrogens with zero attached hydrogens (tertiary/aromatic N) is 3. The van der Waals surface area contributed by atoms with Gasteiger partial charge in [-0.3, -0.25) is 13.9 Å². The van der Waals surface area contributed by atoms with Crippen molar-refractivity contribution in [1.29, 1.82) is 0 Å². The molecule has 2 aromatic rings. The van der Waals surface area contributed by atoms with Crippen LogP contribution in [-0.2, 0) is 11.3 Å². The van der Waals surface area contributed by atoms with E-state index in [1.165, 1.54) is 10.8 Å². The third-order valence-corrected chi connectivity index (χ3v) is 4.41. The van der Waals surface area contributed by atoms with Gasteiger partial charge >= 0.3 is 5.69 Å². The Hall–Kier alpha value is -2.75. The number of nitrogens with two attached hydrogens (primary N) is 1. The van der Waals surface area contributed by atoms with Crippen LogP contribution in [0.1, 0.15) is 18.2 Å². The van der Waals surface area contributed by atoms with Gasteiger partial charge < -0.3 is 20.7 Å². The Morgan fingerprint density at radius 3 is 2.67 bits per heavy atom. The molecule has 2 heterocycles. The largest absolute Gasteiger partial charge is 0.394 e. The van der Waals surface area contributed by atoms with E-state index in [4.69, 9.17) is 10.5 Å². The Bertz CT molecular complexity index is 950. The van der Waals surface area contributed by atoms with Crippen molar-refractivity contribution in [2.45, 2.75) is 38.3 Å². The molecule has 3 rings (SSSR count). The van der Waals surface area contributed by atoms with Crippen molar-refractivity contribution < 1.29 is 14.9 Å². The van der Waals surface area contributed by atoms with Gasteiger partial charge in [0.05, 0.1) is 24.9 Å². The molecule has 1 aromatic heterocycles. The van der Waals surface area contributed by atoms with E-state index < -0.39 is 29.7 Å². The van der Waals surface area contributed by atoms with E-state index in [1.807, 2.05) is 6.07 Å². The van der Waals surface area contributed by atoms with Crippen LogP contribution in [0.2, 0.25) is 0 Å². The molecule has 0 radical (unpaired) electrons. The number of hydrogen-bond acceptors (Lipinski definition) is 6. The second-order valence-electron chi connectivity index (χ2n) is 6.45.